The summed E-state index contributed by atoms with van der Waals surface area (Å²) in [5.74, 6) is 0.292. The normalized spacial score (nSPS) is 10.4. The zero-order chi connectivity index (χ0) is 17.0. The Bertz CT molecular complexity index is 713. The number of aromatic nitrogens is 1. The molecular weight excluding hydrogens is 294 g/mol. The van der Waals surface area contributed by atoms with Gasteiger partial charge >= 0.3 is 5.97 Å². The van der Waals surface area contributed by atoms with Gasteiger partial charge in [-0.3, -0.25) is 4.79 Å². The lowest BCUT2D eigenvalue weighted by atomic mass is 10.1. The summed E-state index contributed by atoms with van der Waals surface area (Å²) < 4.78 is 10.4. The maximum absolute atomic E-state index is 12.2. The van der Waals surface area contributed by atoms with E-state index in [0.717, 1.165) is 11.3 Å². The second kappa shape index (κ2) is 7.13. The molecular formula is C18H21NO4. The molecule has 0 aliphatic carbocycles. The average molecular weight is 315 g/mol. The summed E-state index contributed by atoms with van der Waals surface area (Å²) in [5, 5.41) is 0. The van der Waals surface area contributed by atoms with Crippen molar-refractivity contribution in [3.8, 4) is 5.75 Å². The Balaban J connectivity index is 1.97. The van der Waals surface area contributed by atoms with Gasteiger partial charge in [-0.15, -0.1) is 0 Å². The minimum atomic E-state index is -0.438. The van der Waals surface area contributed by atoms with E-state index >= 15 is 0 Å². The zero-order valence-corrected chi connectivity index (χ0v) is 13.9. The van der Waals surface area contributed by atoms with Crippen LogP contribution >= 0.6 is 0 Å². The number of ether oxygens (including phenoxy) is 2. The van der Waals surface area contributed by atoms with Crippen molar-refractivity contribution >= 4 is 11.8 Å². The first-order valence-electron chi connectivity index (χ1n) is 7.44. The van der Waals surface area contributed by atoms with Crippen molar-refractivity contribution in [2.75, 3.05) is 13.7 Å². The molecule has 0 aliphatic rings. The summed E-state index contributed by atoms with van der Waals surface area (Å²) in [4.78, 5) is 26.7. The number of H-pyrrole nitrogens is 1. The second-order valence-electron chi connectivity index (χ2n) is 5.42. The third kappa shape index (κ3) is 3.80. The number of ketones is 1. The summed E-state index contributed by atoms with van der Waals surface area (Å²) in [7, 11) is 1.62. The highest BCUT2D eigenvalue weighted by molar-refractivity contribution is 6.01. The number of carbonyl (C=O) groups is 2. The molecule has 0 aliphatic heterocycles. The molecule has 0 unspecified atom stereocenters. The number of aromatic amines is 1. The van der Waals surface area contributed by atoms with Crippen molar-refractivity contribution in [3.63, 3.8) is 0 Å². The lowest BCUT2D eigenvalue weighted by Gasteiger charge is -2.06. The second-order valence-corrected chi connectivity index (χ2v) is 5.42. The number of hydrogen-bond donors (Lipinski definition) is 1. The van der Waals surface area contributed by atoms with Gasteiger partial charge in [-0.25, -0.2) is 4.79 Å². The predicted molar refractivity (Wildman–Crippen MR) is 87.3 cm³/mol. The van der Waals surface area contributed by atoms with E-state index in [9.17, 15) is 9.59 Å². The highest BCUT2D eigenvalue weighted by Gasteiger charge is 2.20. The summed E-state index contributed by atoms with van der Waals surface area (Å²) in [6.45, 7) is 5.29. The predicted octanol–water partition coefficient (Wildman–Crippen LogP) is 3.24. The van der Waals surface area contributed by atoms with E-state index in [-0.39, 0.29) is 12.4 Å². The summed E-state index contributed by atoms with van der Waals surface area (Å²) >= 11 is 0. The van der Waals surface area contributed by atoms with Crippen LogP contribution in [0.5, 0.6) is 5.75 Å². The highest BCUT2D eigenvalue weighted by Crippen LogP contribution is 2.19. The number of carbonyl (C=O) groups excluding carboxylic acids is 2. The van der Waals surface area contributed by atoms with Crippen LogP contribution in [-0.2, 0) is 11.2 Å². The van der Waals surface area contributed by atoms with Gasteiger partial charge in [-0.2, -0.15) is 0 Å². The lowest BCUT2D eigenvalue weighted by Crippen LogP contribution is -2.10. The number of benzene rings is 1. The first-order chi connectivity index (χ1) is 10.9. The van der Waals surface area contributed by atoms with Crippen LogP contribution in [0.1, 0.15) is 44.6 Å². The minimum Gasteiger partial charge on any atom is -0.497 e. The van der Waals surface area contributed by atoms with Crippen molar-refractivity contribution in [1.29, 1.82) is 0 Å². The first-order valence-corrected chi connectivity index (χ1v) is 7.44. The number of rotatable bonds is 6. The third-order valence-corrected chi connectivity index (χ3v) is 3.78. The maximum Gasteiger partial charge on any atom is 0.355 e. The first kappa shape index (κ1) is 16.8. The largest absolute Gasteiger partial charge is 0.497 e. The van der Waals surface area contributed by atoms with Gasteiger partial charge in [0.25, 0.3) is 0 Å². The van der Waals surface area contributed by atoms with Crippen LogP contribution in [0.15, 0.2) is 24.3 Å². The molecule has 0 saturated heterocycles. The number of hydrogen-bond acceptors (Lipinski definition) is 4. The highest BCUT2D eigenvalue weighted by atomic mass is 16.5. The molecule has 23 heavy (non-hydrogen) atoms. The van der Waals surface area contributed by atoms with Crippen molar-refractivity contribution in [3.05, 3.63) is 52.3 Å². The quantitative estimate of drug-likeness (QED) is 0.656. The summed E-state index contributed by atoms with van der Waals surface area (Å²) in [6, 6.07) is 7.61. The molecule has 0 saturated carbocycles. The molecule has 0 fully saturated rings. The van der Waals surface area contributed by atoms with Gasteiger partial charge in [0.05, 0.1) is 13.7 Å². The van der Waals surface area contributed by atoms with Crippen molar-refractivity contribution in [2.45, 2.75) is 27.2 Å². The summed E-state index contributed by atoms with van der Waals surface area (Å²) in [5.41, 5.74) is 3.30. The molecule has 2 rings (SSSR count). The van der Waals surface area contributed by atoms with E-state index < -0.39 is 5.97 Å². The van der Waals surface area contributed by atoms with Crippen molar-refractivity contribution in [2.24, 2.45) is 0 Å². The standard InChI is InChI=1S/C18H21NO4/c1-11-16(13(3)20)12(2)19-17(11)18(21)23-10-9-14-5-7-15(22-4)8-6-14/h5-8,19H,9-10H2,1-4H3. The molecule has 1 N–H and O–H groups in total. The monoisotopic (exact) mass is 315 g/mol. The number of esters is 1. The van der Waals surface area contributed by atoms with E-state index in [2.05, 4.69) is 4.98 Å². The lowest BCUT2D eigenvalue weighted by molar-refractivity contribution is 0.0502. The third-order valence-electron chi connectivity index (χ3n) is 3.78. The van der Waals surface area contributed by atoms with Gasteiger partial charge < -0.3 is 14.5 Å². The molecule has 0 bridgehead atoms. The number of nitrogens with one attached hydrogen (secondary N) is 1. The fourth-order valence-electron chi connectivity index (χ4n) is 2.61. The minimum absolute atomic E-state index is 0.0615. The Morgan fingerprint density at radius 1 is 1.13 bits per heavy atom. The molecule has 0 atom stereocenters. The van der Waals surface area contributed by atoms with Gasteiger partial charge in [0, 0.05) is 17.7 Å². The van der Waals surface area contributed by atoms with E-state index in [1.165, 1.54) is 6.92 Å². The number of methoxy groups -OCH3 is 1. The Morgan fingerprint density at radius 3 is 2.30 bits per heavy atom. The molecule has 1 aromatic heterocycles. The topological polar surface area (TPSA) is 68.4 Å². The molecule has 122 valence electrons. The average Bonchev–Trinajstić information content (AvgIpc) is 2.82. The molecule has 1 aromatic carbocycles. The van der Waals surface area contributed by atoms with Crippen LogP contribution in [0.4, 0.5) is 0 Å². The van der Waals surface area contributed by atoms with Gasteiger partial charge in [0.15, 0.2) is 5.78 Å². The summed E-state index contributed by atoms with van der Waals surface area (Å²) in [6.07, 6.45) is 0.619. The van der Waals surface area contributed by atoms with Crippen molar-refractivity contribution < 1.29 is 19.1 Å². The maximum atomic E-state index is 12.2. The molecule has 0 amide bonds. The molecule has 2 aromatic rings. The Labute approximate surface area is 135 Å². The SMILES string of the molecule is COc1ccc(CCOC(=O)c2[nH]c(C)c(C(C)=O)c2C)cc1. The molecule has 5 nitrogen and oxygen atoms in total. The van der Waals surface area contributed by atoms with Gasteiger partial charge in [0.1, 0.15) is 11.4 Å². The molecule has 0 radical (unpaired) electrons. The van der Waals surface area contributed by atoms with Crippen LogP contribution in [0.2, 0.25) is 0 Å². The molecule has 1 heterocycles. The van der Waals surface area contributed by atoms with E-state index in [1.54, 1.807) is 21.0 Å². The van der Waals surface area contributed by atoms with Gasteiger partial charge in [-0.05, 0) is 44.0 Å². The number of aryl methyl sites for hydroxylation is 1. The fourth-order valence-corrected chi connectivity index (χ4v) is 2.61. The van der Waals surface area contributed by atoms with E-state index in [1.807, 2.05) is 24.3 Å². The van der Waals surface area contributed by atoms with E-state index in [0.29, 0.717) is 28.9 Å². The zero-order valence-electron chi connectivity index (χ0n) is 13.9. The number of Topliss-reactive ketones (excluding diaryl/α,β-unsaturated/α-hetero) is 1. The smallest absolute Gasteiger partial charge is 0.355 e. The van der Waals surface area contributed by atoms with Gasteiger partial charge in [0.2, 0.25) is 0 Å². The Kier molecular flexibility index (Phi) is 5.21. The molecule has 5 heteroatoms. The van der Waals surface area contributed by atoms with Crippen LogP contribution in [0.3, 0.4) is 0 Å². The van der Waals surface area contributed by atoms with Crippen LogP contribution in [0, 0.1) is 13.8 Å². The van der Waals surface area contributed by atoms with Crippen LogP contribution < -0.4 is 4.74 Å². The fraction of sp³-hybridized carbons (Fsp3) is 0.333. The van der Waals surface area contributed by atoms with Crippen LogP contribution in [0.25, 0.3) is 0 Å². The Hall–Kier alpha value is -2.56. The van der Waals surface area contributed by atoms with E-state index in [4.69, 9.17) is 9.47 Å². The molecule has 0 spiro atoms. The Morgan fingerprint density at radius 2 is 1.78 bits per heavy atom. The van der Waals surface area contributed by atoms with Gasteiger partial charge in [-0.1, -0.05) is 12.1 Å². The van der Waals surface area contributed by atoms with Crippen LogP contribution in [-0.4, -0.2) is 30.5 Å². The van der Waals surface area contributed by atoms with Crippen molar-refractivity contribution in [1.82, 2.24) is 4.98 Å².